The first kappa shape index (κ1) is 17.1. The number of aryl methyl sites for hydroxylation is 2. The lowest BCUT2D eigenvalue weighted by Gasteiger charge is -2.20. The van der Waals surface area contributed by atoms with Crippen molar-refractivity contribution in [2.24, 2.45) is 0 Å². The third-order valence-corrected chi connectivity index (χ3v) is 5.73. The van der Waals surface area contributed by atoms with Crippen LogP contribution in [0.2, 0.25) is 5.02 Å². The summed E-state index contributed by atoms with van der Waals surface area (Å²) in [6.45, 7) is 4.75. The zero-order valence-corrected chi connectivity index (χ0v) is 15.2. The number of benzene rings is 2. The second kappa shape index (κ2) is 6.65. The van der Waals surface area contributed by atoms with E-state index in [1.165, 1.54) is 0 Å². The second-order valence-electron chi connectivity index (χ2n) is 6.06. The number of hydrogen-bond acceptors (Lipinski definition) is 4. The molecule has 1 aliphatic heterocycles. The van der Waals surface area contributed by atoms with Gasteiger partial charge in [-0.15, -0.1) is 0 Å². The standard InChI is InChI=1S/C18H19ClO4S/c1-12-3-4-13(2)15(7-12)11-24(20,21)10-14-8-16(19)18-17(9-14)22-5-6-23-18/h3-4,7-9H,5-6,10-11H2,1-2H3. The summed E-state index contributed by atoms with van der Waals surface area (Å²) in [4.78, 5) is 0. The highest BCUT2D eigenvalue weighted by molar-refractivity contribution is 7.89. The topological polar surface area (TPSA) is 52.6 Å². The van der Waals surface area contributed by atoms with Gasteiger partial charge < -0.3 is 9.47 Å². The van der Waals surface area contributed by atoms with E-state index in [4.69, 9.17) is 21.1 Å². The van der Waals surface area contributed by atoms with Crippen molar-refractivity contribution in [2.45, 2.75) is 25.4 Å². The van der Waals surface area contributed by atoms with Crippen LogP contribution < -0.4 is 9.47 Å². The molecular weight excluding hydrogens is 348 g/mol. The maximum absolute atomic E-state index is 12.6. The van der Waals surface area contributed by atoms with Crippen LogP contribution in [-0.4, -0.2) is 21.6 Å². The molecule has 0 aliphatic carbocycles. The Bertz CT molecular complexity index is 875. The molecule has 6 heteroatoms. The van der Waals surface area contributed by atoms with Crippen molar-refractivity contribution >= 4 is 21.4 Å². The van der Waals surface area contributed by atoms with E-state index < -0.39 is 9.84 Å². The van der Waals surface area contributed by atoms with Crippen LogP contribution in [0.15, 0.2) is 30.3 Å². The molecule has 0 N–H and O–H groups in total. The summed E-state index contributed by atoms with van der Waals surface area (Å²) >= 11 is 6.18. The minimum absolute atomic E-state index is 0.00652. The molecule has 128 valence electrons. The largest absolute Gasteiger partial charge is 0.486 e. The number of sulfone groups is 1. The Kier molecular flexibility index (Phi) is 4.74. The van der Waals surface area contributed by atoms with E-state index in [9.17, 15) is 8.42 Å². The minimum Gasteiger partial charge on any atom is -0.486 e. The van der Waals surface area contributed by atoms with Crippen LogP contribution in [0, 0.1) is 13.8 Å². The van der Waals surface area contributed by atoms with Crippen molar-refractivity contribution in [1.29, 1.82) is 0 Å². The van der Waals surface area contributed by atoms with E-state index in [2.05, 4.69) is 0 Å². The summed E-state index contributed by atoms with van der Waals surface area (Å²) in [5.41, 5.74) is 3.46. The summed E-state index contributed by atoms with van der Waals surface area (Å²) in [7, 11) is -3.33. The van der Waals surface area contributed by atoms with Crippen molar-refractivity contribution in [3.05, 3.63) is 57.6 Å². The van der Waals surface area contributed by atoms with Gasteiger partial charge in [0.05, 0.1) is 16.5 Å². The molecule has 2 aromatic carbocycles. The van der Waals surface area contributed by atoms with Crippen LogP contribution in [-0.2, 0) is 21.3 Å². The van der Waals surface area contributed by atoms with Gasteiger partial charge in [-0.25, -0.2) is 8.42 Å². The van der Waals surface area contributed by atoms with Gasteiger partial charge in [-0.3, -0.25) is 0 Å². The van der Waals surface area contributed by atoms with Crippen LogP contribution in [0.1, 0.15) is 22.3 Å². The lowest BCUT2D eigenvalue weighted by Crippen LogP contribution is -2.16. The summed E-state index contributed by atoms with van der Waals surface area (Å²) in [6.07, 6.45) is 0. The van der Waals surface area contributed by atoms with Crippen molar-refractivity contribution in [2.75, 3.05) is 13.2 Å². The molecule has 0 spiro atoms. The molecule has 0 saturated carbocycles. The SMILES string of the molecule is Cc1ccc(C)c(CS(=O)(=O)Cc2cc(Cl)c3c(c2)OCCO3)c1. The second-order valence-corrected chi connectivity index (χ2v) is 8.54. The predicted molar refractivity (Wildman–Crippen MR) is 94.7 cm³/mol. The maximum atomic E-state index is 12.6. The molecule has 4 nitrogen and oxygen atoms in total. The Labute approximate surface area is 147 Å². The van der Waals surface area contributed by atoms with E-state index >= 15 is 0 Å². The van der Waals surface area contributed by atoms with Gasteiger partial charge in [0.2, 0.25) is 0 Å². The minimum atomic E-state index is -3.33. The fourth-order valence-corrected chi connectivity index (χ4v) is 4.59. The average molecular weight is 367 g/mol. The monoisotopic (exact) mass is 366 g/mol. The third kappa shape index (κ3) is 3.84. The van der Waals surface area contributed by atoms with Gasteiger partial charge in [-0.1, -0.05) is 35.4 Å². The molecule has 0 amide bonds. The highest BCUT2D eigenvalue weighted by atomic mass is 35.5. The van der Waals surface area contributed by atoms with E-state index in [-0.39, 0.29) is 11.5 Å². The van der Waals surface area contributed by atoms with E-state index in [0.717, 1.165) is 16.7 Å². The van der Waals surface area contributed by atoms with Crippen LogP contribution in [0.25, 0.3) is 0 Å². The zero-order valence-electron chi connectivity index (χ0n) is 13.6. The van der Waals surface area contributed by atoms with E-state index in [1.54, 1.807) is 12.1 Å². The Morgan fingerprint density at radius 3 is 2.58 bits per heavy atom. The Morgan fingerprint density at radius 1 is 1.04 bits per heavy atom. The molecule has 0 bridgehead atoms. The van der Waals surface area contributed by atoms with Crippen molar-refractivity contribution in [3.8, 4) is 11.5 Å². The van der Waals surface area contributed by atoms with E-state index in [0.29, 0.717) is 35.3 Å². The van der Waals surface area contributed by atoms with Crippen LogP contribution >= 0.6 is 11.6 Å². The van der Waals surface area contributed by atoms with Gasteiger partial charge in [-0.2, -0.15) is 0 Å². The Hall–Kier alpha value is -1.72. The number of hydrogen-bond donors (Lipinski definition) is 0. The van der Waals surface area contributed by atoms with Gasteiger partial charge in [0, 0.05) is 0 Å². The Balaban J connectivity index is 1.84. The van der Waals surface area contributed by atoms with E-state index in [1.807, 2.05) is 32.0 Å². The summed E-state index contributed by atoms with van der Waals surface area (Å²) in [5, 5.41) is 0.379. The van der Waals surface area contributed by atoms with Crippen LogP contribution in [0.4, 0.5) is 0 Å². The number of rotatable bonds is 4. The molecule has 0 atom stereocenters. The van der Waals surface area contributed by atoms with Gasteiger partial charge in [0.1, 0.15) is 13.2 Å². The fourth-order valence-electron chi connectivity index (χ4n) is 2.75. The third-order valence-electron chi connectivity index (χ3n) is 3.92. The molecule has 3 rings (SSSR count). The normalized spacial score (nSPS) is 13.8. The quantitative estimate of drug-likeness (QED) is 0.824. The highest BCUT2D eigenvalue weighted by Crippen LogP contribution is 2.38. The summed E-state index contributed by atoms with van der Waals surface area (Å²) in [6, 6.07) is 9.17. The van der Waals surface area contributed by atoms with Crippen LogP contribution in [0.3, 0.4) is 0 Å². The number of halogens is 1. The molecule has 24 heavy (non-hydrogen) atoms. The first-order chi connectivity index (χ1) is 11.3. The van der Waals surface area contributed by atoms with Gasteiger partial charge in [-0.05, 0) is 42.7 Å². The molecular formula is C18H19ClO4S. The molecule has 0 aromatic heterocycles. The number of ether oxygens (including phenoxy) is 2. The van der Waals surface area contributed by atoms with Crippen LogP contribution in [0.5, 0.6) is 11.5 Å². The first-order valence-electron chi connectivity index (χ1n) is 7.69. The molecule has 1 heterocycles. The lowest BCUT2D eigenvalue weighted by atomic mass is 10.1. The van der Waals surface area contributed by atoms with Crippen molar-refractivity contribution in [1.82, 2.24) is 0 Å². The van der Waals surface area contributed by atoms with Gasteiger partial charge in [0.25, 0.3) is 0 Å². The lowest BCUT2D eigenvalue weighted by molar-refractivity contribution is 0.171. The smallest absolute Gasteiger partial charge is 0.179 e. The van der Waals surface area contributed by atoms with Gasteiger partial charge in [0.15, 0.2) is 21.3 Å². The Morgan fingerprint density at radius 2 is 1.79 bits per heavy atom. The molecule has 2 aromatic rings. The summed E-state index contributed by atoms with van der Waals surface area (Å²) in [5.74, 6) is 0.910. The zero-order chi connectivity index (χ0) is 17.3. The average Bonchev–Trinajstić information content (AvgIpc) is 2.50. The number of fused-ring (bicyclic) bond motifs is 1. The molecule has 0 radical (unpaired) electrons. The van der Waals surface area contributed by atoms with Crippen molar-refractivity contribution < 1.29 is 17.9 Å². The predicted octanol–water partition coefficient (Wildman–Crippen LogP) is 3.84. The maximum Gasteiger partial charge on any atom is 0.179 e. The fraction of sp³-hybridized carbons (Fsp3) is 0.333. The molecule has 1 aliphatic rings. The summed E-state index contributed by atoms with van der Waals surface area (Å²) < 4.78 is 36.2. The highest BCUT2D eigenvalue weighted by Gasteiger charge is 2.20. The first-order valence-corrected chi connectivity index (χ1v) is 9.88. The molecule has 0 unspecified atom stereocenters. The van der Waals surface area contributed by atoms with Gasteiger partial charge >= 0.3 is 0 Å². The molecule has 0 saturated heterocycles. The molecule has 0 fully saturated rings. The van der Waals surface area contributed by atoms with Crippen molar-refractivity contribution in [3.63, 3.8) is 0 Å².